The van der Waals surface area contributed by atoms with Crippen LogP contribution in [0.3, 0.4) is 0 Å². The van der Waals surface area contributed by atoms with Gasteiger partial charge in [-0.15, -0.1) is 0 Å². The monoisotopic (exact) mass is 547 g/mol. The number of hydrogen-bond donors (Lipinski definition) is 2. The van der Waals surface area contributed by atoms with Crippen molar-refractivity contribution in [2.45, 2.75) is 44.9 Å². The number of benzene rings is 2. The second-order valence-electron chi connectivity index (χ2n) is 9.95. The summed E-state index contributed by atoms with van der Waals surface area (Å²) >= 11 is 0. The van der Waals surface area contributed by atoms with Gasteiger partial charge in [-0.25, -0.2) is 0 Å². The maximum Gasteiger partial charge on any atom is 0.387 e. The molecule has 2 aromatic heterocycles. The number of rotatable bonds is 12. The van der Waals surface area contributed by atoms with Crippen molar-refractivity contribution in [3.8, 4) is 22.8 Å². The zero-order valence-electron chi connectivity index (χ0n) is 22.0. The fourth-order valence-electron chi connectivity index (χ4n) is 4.31. The predicted octanol–water partition coefficient (Wildman–Crippen LogP) is 5.45. The molecule has 1 fully saturated rings. The number of pyridine rings is 1. The second kappa shape index (κ2) is 12.3. The van der Waals surface area contributed by atoms with Crippen molar-refractivity contribution in [1.29, 1.82) is 0 Å². The van der Waals surface area contributed by atoms with Crippen LogP contribution in [0.25, 0.3) is 11.3 Å². The highest BCUT2D eigenvalue weighted by atomic mass is 19.3. The minimum absolute atomic E-state index is 0.00822. The molecule has 1 aliphatic carbocycles. The van der Waals surface area contributed by atoms with E-state index in [0.717, 1.165) is 29.5 Å². The molecule has 208 valence electrons. The van der Waals surface area contributed by atoms with E-state index in [0.29, 0.717) is 30.3 Å². The molecule has 0 saturated heterocycles. The van der Waals surface area contributed by atoms with E-state index < -0.39 is 12.7 Å². The number of nitrogens with two attached hydrogens (primary N) is 1. The van der Waals surface area contributed by atoms with Gasteiger partial charge in [0.25, 0.3) is 0 Å². The Morgan fingerprint density at radius 3 is 2.62 bits per heavy atom. The molecule has 2 unspecified atom stereocenters. The van der Waals surface area contributed by atoms with Gasteiger partial charge < -0.3 is 20.5 Å². The van der Waals surface area contributed by atoms with E-state index in [9.17, 15) is 13.6 Å². The lowest BCUT2D eigenvalue weighted by Crippen LogP contribution is -2.32. The fraction of sp³-hybridized carbons (Fsp3) is 0.300. The number of hydrogen-bond acceptors (Lipinski definition) is 6. The molecular formula is C30H31F2N5O3. The van der Waals surface area contributed by atoms with E-state index in [1.54, 1.807) is 37.5 Å². The summed E-state index contributed by atoms with van der Waals surface area (Å²) in [5.41, 5.74) is 9.69. The van der Waals surface area contributed by atoms with Crippen LogP contribution in [0.4, 0.5) is 14.5 Å². The van der Waals surface area contributed by atoms with Crippen LogP contribution in [0.1, 0.15) is 36.9 Å². The largest absolute Gasteiger partial charge is 0.489 e. The molecule has 2 atom stereocenters. The SMILES string of the molecule is CC(N)C(=O)Nc1cccc(-c2ccn(C(Cc3ccncc3)c3ccc(OC(F)F)c(OCC4CC4)c3)n2)c1. The Bertz CT molecular complexity index is 1440. The minimum Gasteiger partial charge on any atom is -0.489 e. The highest BCUT2D eigenvalue weighted by molar-refractivity contribution is 5.94. The highest BCUT2D eigenvalue weighted by Gasteiger charge is 2.24. The van der Waals surface area contributed by atoms with E-state index in [-0.39, 0.29) is 23.4 Å². The molecular weight excluding hydrogens is 516 g/mol. The lowest BCUT2D eigenvalue weighted by atomic mass is 9.99. The van der Waals surface area contributed by atoms with E-state index in [4.69, 9.17) is 20.3 Å². The minimum atomic E-state index is -2.95. The van der Waals surface area contributed by atoms with Crippen molar-refractivity contribution < 1.29 is 23.0 Å². The average molecular weight is 548 g/mol. The lowest BCUT2D eigenvalue weighted by molar-refractivity contribution is -0.117. The summed E-state index contributed by atoms with van der Waals surface area (Å²) in [5, 5.41) is 7.67. The Labute approximate surface area is 231 Å². The number of amides is 1. The molecule has 0 aliphatic heterocycles. The molecule has 1 saturated carbocycles. The van der Waals surface area contributed by atoms with Crippen LogP contribution >= 0.6 is 0 Å². The predicted molar refractivity (Wildman–Crippen MR) is 147 cm³/mol. The molecule has 0 bridgehead atoms. The van der Waals surface area contributed by atoms with Crippen molar-refractivity contribution in [2.75, 3.05) is 11.9 Å². The number of carbonyl (C=O) groups is 1. The van der Waals surface area contributed by atoms with Crippen LogP contribution in [-0.4, -0.2) is 39.9 Å². The molecule has 0 spiro atoms. The molecule has 3 N–H and O–H groups in total. The van der Waals surface area contributed by atoms with Crippen molar-refractivity contribution in [3.63, 3.8) is 0 Å². The van der Waals surface area contributed by atoms with Gasteiger partial charge in [0.05, 0.1) is 24.4 Å². The van der Waals surface area contributed by atoms with Crippen molar-refractivity contribution >= 4 is 11.6 Å². The van der Waals surface area contributed by atoms with Crippen molar-refractivity contribution in [2.24, 2.45) is 11.7 Å². The van der Waals surface area contributed by atoms with E-state index in [1.807, 2.05) is 47.3 Å². The zero-order chi connectivity index (χ0) is 28.1. The second-order valence-corrected chi connectivity index (χ2v) is 9.95. The van der Waals surface area contributed by atoms with Gasteiger partial charge in [-0.3, -0.25) is 14.5 Å². The molecule has 1 aliphatic rings. The van der Waals surface area contributed by atoms with Crippen LogP contribution in [0.2, 0.25) is 0 Å². The number of carbonyl (C=O) groups excluding carboxylic acids is 1. The third-order valence-corrected chi connectivity index (χ3v) is 6.69. The van der Waals surface area contributed by atoms with Crippen LogP contribution < -0.4 is 20.5 Å². The Morgan fingerprint density at radius 2 is 1.90 bits per heavy atom. The summed E-state index contributed by atoms with van der Waals surface area (Å²) < 4.78 is 38.7. The number of halogens is 2. The van der Waals surface area contributed by atoms with Gasteiger partial charge in [-0.05, 0) is 85.7 Å². The maximum absolute atomic E-state index is 13.1. The number of aromatic nitrogens is 3. The Morgan fingerprint density at radius 1 is 1.10 bits per heavy atom. The van der Waals surface area contributed by atoms with Gasteiger partial charge in [0.15, 0.2) is 11.5 Å². The quantitative estimate of drug-likeness (QED) is 0.244. The van der Waals surface area contributed by atoms with Crippen molar-refractivity contribution in [3.05, 3.63) is 90.4 Å². The Hall–Kier alpha value is -4.31. The number of ether oxygens (including phenoxy) is 2. The van der Waals surface area contributed by atoms with E-state index in [1.165, 1.54) is 6.07 Å². The fourth-order valence-corrected chi connectivity index (χ4v) is 4.31. The normalized spacial score (nSPS) is 14.5. The number of nitrogens with zero attached hydrogens (tertiary/aromatic N) is 3. The first-order valence-electron chi connectivity index (χ1n) is 13.2. The maximum atomic E-state index is 13.1. The van der Waals surface area contributed by atoms with Gasteiger partial charge in [-0.2, -0.15) is 13.9 Å². The number of anilines is 1. The summed E-state index contributed by atoms with van der Waals surface area (Å²) in [7, 11) is 0. The molecule has 0 radical (unpaired) electrons. The van der Waals surface area contributed by atoms with E-state index >= 15 is 0 Å². The summed E-state index contributed by atoms with van der Waals surface area (Å²) in [5.74, 6) is 0.459. The molecule has 8 nitrogen and oxygen atoms in total. The van der Waals surface area contributed by atoms with Gasteiger partial charge in [-0.1, -0.05) is 18.2 Å². The van der Waals surface area contributed by atoms with Gasteiger partial charge in [0.1, 0.15) is 0 Å². The van der Waals surface area contributed by atoms with Crippen LogP contribution in [-0.2, 0) is 11.2 Å². The molecule has 2 aromatic carbocycles. The first kappa shape index (κ1) is 27.3. The van der Waals surface area contributed by atoms with Gasteiger partial charge in [0.2, 0.25) is 5.91 Å². The summed E-state index contributed by atoms with van der Waals surface area (Å²) in [6.45, 7) is -0.873. The van der Waals surface area contributed by atoms with E-state index in [2.05, 4.69) is 10.3 Å². The number of alkyl halides is 2. The molecule has 1 amide bonds. The topological polar surface area (TPSA) is 104 Å². The first-order chi connectivity index (χ1) is 19.4. The Kier molecular flexibility index (Phi) is 8.35. The summed E-state index contributed by atoms with van der Waals surface area (Å²) in [6, 6.07) is 17.3. The van der Waals surface area contributed by atoms with Crippen LogP contribution in [0.15, 0.2) is 79.3 Å². The molecule has 40 heavy (non-hydrogen) atoms. The highest BCUT2D eigenvalue weighted by Crippen LogP contribution is 2.37. The summed E-state index contributed by atoms with van der Waals surface area (Å²) in [6.07, 6.45) is 8.05. The zero-order valence-corrected chi connectivity index (χ0v) is 22.0. The molecule has 2 heterocycles. The average Bonchev–Trinajstić information content (AvgIpc) is 3.65. The molecule has 4 aromatic rings. The first-order valence-corrected chi connectivity index (χ1v) is 13.2. The third-order valence-electron chi connectivity index (χ3n) is 6.69. The smallest absolute Gasteiger partial charge is 0.387 e. The van der Waals surface area contributed by atoms with Gasteiger partial charge >= 0.3 is 6.61 Å². The standard InChI is InChI=1S/C30H31F2N5O3/c1-19(33)29(38)35-24-4-2-3-22(16-24)25-11-14-37(36-25)26(15-20-9-12-34-13-10-20)23-7-8-27(40-30(31)32)28(17-23)39-18-21-5-6-21/h2-4,7-14,16-17,19,21,26,30H,5-6,15,18,33H2,1H3,(H,35,38). The molecule has 5 rings (SSSR count). The van der Waals surface area contributed by atoms with Gasteiger partial charge in [0, 0.05) is 29.8 Å². The lowest BCUT2D eigenvalue weighted by Gasteiger charge is -2.21. The Balaban J connectivity index is 1.47. The summed E-state index contributed by atoms with van der Waals surface area (Å²) in [4.78, 5) is 16.2. The van der Waals surface area contributed by atoms with Crippen LogP contribution in [0, 0.1) is 5.92 Å². The van der Waals surface area contributed by atoms with Crippen molar-refractivity contribution in [1.82, 2.24) is 14.8 Å². The third kappa shape index (κ3) is 7.01. The number of nitrogens with one attached hydrogen (secondary N) is 1. The molecule has 10 heteroatoms. The van der Waals surface area contributed by atoms with Crippen LogP contribution in [0.5, 0.6) is 11.5 Å².